The summed E-state index contributed by atoms with van der Waals surface area (Å²) in [5, 5.41) is 8.74. The van der Waals surface area contributed by atoms with Crippen molar-refractivity contribution in [2.45, 2.75) is 51.2 Å². The highest BCUT2D eigenvalue weighted by atomic mass is 32.1. The zero-order chi connectivity index (χ0) is 12.5. The average molecular weight is 264 g/mol. The van der Waals surface area contributed by atoms with Crippen LogP contribution in [0, 0.1) is 5.92 Å². The first-order valence-electron chi connectivity index (χ1n) is 6.87. The fourth-order valence-electron chi connectivity index (χ4n) is 3.25. The van der Waals surface area contributed by atoms with E-state index in [0.29, 0.717) is 18.6 Å². The van der Waals surface area contributed by atoms with E-state index >= 15 is 0 Å². The minimum atomic E-state index is 0.203. The van der Waals surface area contributed by atoms with E-state index in [2.05, 4.69) is 29.0 Å². The van der Waals surface area contributed by atoms with Crippen LogP contribution in [0.3, 0.4) is 0 Å². The molecule has 1 aromatic rings. The average Bonchev–Trinajstić information content (AvgIpc) is 3.10. The van der Waals surface area contributed by atoms with Crippen molar-refractivity contribution in [1.82, 2.24) is 10.6 Å². The van der Waals surface area contributed by atoms with Crippen molar-refractivity contribution >= 4 is 17.2 Å². The Morgan fingerprint density at radius 1 is 1.56 bits per heavy atom. The molecule has 18 heavy (non-hydrogen) atoms. The first-order chi connectivity index (χ1) is 8.78. The van der Waals surface area contributed by atoms with Gasteiger partial charge >= 0.3 is 0 Å². The molecule has 2 fully saturated rings. The lowest BCUT2D eigenvalue weighted by Gasteiger charge is -2.19. The fraction of sp³-hybridized carbons (Fsp3) is 0.643. The van der Waals surface area contributed by atoms with E-state index in [1.54, 1.807) is 11.3 Å². The second-order valence-electron chi connectivity index (χ2n) is 5.33. The molecule has 2 N–H and O–H groups in total. The van der Waals surface area contributed by atoms with Gasteiger partial charge in [0.25, 0.3) is 0 Å². The Morgan fingerprint density at radius 3 is 3.11 bits per heavy atom. The Bertz CT molecular complexity index is 443. The summed E-state index contributed by atoms with van der Waals surface area (Å²) in [6.45, 7) is 2.86. The summed E-state index contributed by atoms with van der Waals surface area (Å²) in [5.41, 5.74) is 1.37. The monoisotopic (exact) mass is 264 g/mol. The van der Waals surface area contributed by atoms with Crippen molar-refractivity contribution in [3.8, 4) is 0 Å². The van der Waals surface area contributed by atoms with Gasteiger partial charge in [0.2, 0.25) is 5.91 Å². The van der Waals surface area contributed by atoms with Gasteiger partial charge in [-0.05, 0) is 42.7 Å². The molecule has 3 nitrogen and oxygen atoms in total. The number of amides is 1. The molecular weight excluding hydrogens is 244 g/mol. The highest BCUT2D eigenvalue weighted by Gasteiger charge is 2.42. The molecule has 0 aliphatic carbocycles. The zero-order valence-electron chi connectivity index (χ0n) is 10.7. The molecule has 3 atom stereocenters. The van der Waals surface area contributed by atoms with Crippen LogP contribution in [-0.4, -0.2) is 18.0 Å². The van der Waals surface area contributed by atoms with E-state index in [-0.39, 0.29) is 11.8 Å². The van der Waals surface area contributed by atoms with Crippen molar-refractivity contribution in [3.63, 3.8) is 0 Å². The number of carbonyl (C=O) groups is 1. The molecule has 1 amide bonds. The van der Waals surface area contributed by atoms with Gasteiger partial charge in [0, 0.05) is 17.0 Å². The van der Waals surface area contributed by atoms with Crippen molar-refractivity contribution in [3.05, 3.63) is 21.9 Å². The number of thiophene rings is 1. The van der Waals surface area contributed by atoms with Gasteiger partial charge in [-0.2, -0.15) is 0 Å². The van der Waals surface area contributed by atoms with E-state index in [0.717, 1.165) is 12.8 Å². The minimum Gasteiger partial charge on any atom is -0.351 e. The molecule has 2 saturated heterocycles. The molecule has 3 unspecified atom stereocenters. The third-order valence-corrected chi connectivity index (χ3v) is 5.24. The van der Waals surface area contributed by atoms with Crippen LogP contribution in [0.5, 0.6) is 0 Å². The van der Waals surface area contributed by atoms with Gasteiger partial charge in [0.15, 0.2) is 0 Å². The van der Waals surface area contributed by atoms with Gasteiger partial charge in [0.1, 0.15) is 0 Å². The lowest BCUT2D eigenvalue weighted by Crippen LogP contribution is -2.37. The molecule has 0 saturated carbocycles. The Hall–Kier alpha value is -0.870. The largest absolute Gasteiger partial charge is 0.351 e. The summed E-state index contributed by atoms with van der Waals surface area (Å²) < 4.78 is 0. The highest BCUT2D eigenvalue weighted by molar-refractivity contribution is 7.10. The van der Waals surface area contributed by atoms with Crippen molar-refractivity contribution in [2.75, 3.05) is 0 Å². The molecule has 2 aliphatic heterocycles. The van der Waals surface area contributed by atoms with E-state index in [9.17, 15) is 4.79 Å². The fourth-order valence-corrected chi connectivity index (χ4v) is 4.17. The van der Waals surface area contributed by atoms with Crippen LogP contribution >= 0.6 is 11.3 Å². The van der Waals surface area contributed by atoms with E-state index < -0.39 is 0 Å². The Labute approximate surface area is 112 Å². The van der Waals surface area contributed by atoms with Crippen molar-refractivity contribution in [2.24, 2.45) is 5.92 Å². The van der Waals surface area contributed by atoms with Gasteiger partial charge in [-0.25, -0.2) is 0 Å². The van der Waals surface area contributed by atoms with E-state index in [1.807, 2.05) is 0 Å². The second kappa shape index (κ2) is 5.02. The number of nitrogens with one attached hydrogen (secondary N) is 2. The summed E-state index contributed by atoms with van der Waals surface area (Å²) >= 11 is 1.74. The van der Waals surface area contributed by atoms with E-state index in [1.165, 1.54) is 23.3 Å². The highest BCUT2D eigenvalue weighted by Crippen LogP contribution is 2.33. The SMILES string of the molecule is CCc1ccsc1CNC(=O)C1CC2CCC1N2. The molecule has 2 bridgehead atoms. The van der Waals surface area contributed by atoms with Gasteiger partial charge in [-0.3, -0.25) is 4.79 Å². The lowest BCUT2D eigenvalue weighted by atomic mass is 9.88. The quantitative estimate of drug-likeness (QED) is 0.874. The number of hydrogen-bond donors (Lipinski definition) is 2. The number of carbonyl (C=O) groups excluding carboxylic acids is 1. The van der Waals surface area contributed by atoms with Crippen LogP contribution in [0.4, 0.5) is 0 Å². The van der Waals surface area contributed by atoms with Gasteiger partial charge in [-0.15, -0.1) is 11.3 Å². The zero-order valence-corrected chi connectivity index (χ0v) is 11.6. The predicted octanol–water partition coefficient (Wildman–Crippen LogP) is 2.07. The normalized spacial score (nSPS) is 29.7. The van der Waals surface area contributed by atoms with Crippen LogP contribution in [0.1, 0.15) is 36.6 Å². The topological polar surface area (TPSA) is 41.1 Å². The lowest BCUT2D eigenvalue weighted by molar-refractivity contribution is -0.125. The molecule has 4 heteroatoms. The number of rotatable bonds is 4. The molecule has 0 radical (unpaired) electrons. The van der Waals surface area contributed by atoms with Crippen LogP contribution in [-0.2, 0) is 17.8 Å². The maximum absolute atomic E-state index is 12.2. The Balaban J connectivity index is 1.56. The van der Waals surface area contributed by atoms with Crippen LogP contribution in [0.2, 0.25) is 0 Å². The number of fused-ring (bicyclic) bond motifs is 2. The molecule has 2 aliphatic rings. The summed E-state index contributed by atoms with van der Waals surface area (Å²) in [4.78, 5) is 13.5. The Kier molecular flexibility index (Phi) is 3.39. The van der Waals surface area contributed by atoms with Gasteiger partial charge in [-0.1, -0.05) is 6.92 Å². The smallest absolute Gasteiger partial charge is 0.225 e. The first kappa shape index (κ1) is 12.2. The van der Waals surface area contributed by atoms with Crippen LogP contribution < -0.4 is 10.6 Å². The van der Waals surface area contributed by atoms with Gasteiger partial charge in [0.05, 0.1) is 12.5 Å². The third kappa shape index (κ3) is 2.19. The molecular formula is C14H20N2OS. The number of hydrogen-bond acceptors (Lipinski definition) is 3. The van der Waals surface area contributed by atoms with Crippen LogP contribution in [0.15, 0.2) is 11.4 Å². The predicted molar refractivity (Wildman–Crippen MR) is 73.6 cm³/mol. The summed E-state index contributed by atoms with van der Waals surface area (Å²) in [6.07, 6.45) is 4.49. The van der Waals surface area contributed by atoms with Crippen molar-refractivity contribution in [1.29, 1.82) is 0 Å². The Morgan fingerprint density at radius 2 is 2.44 bits per heavy atom. The summed E-state index contributed by atoms with van der Waals surface area (Å²) in [5.74, 6) is 0.443. The third-order valence-electron chi connectivity index (χ3n) is 4.28. The maximum Gasteiger partial charge on any atom is 0.225 e. The van der Waals surface area contributed by atoms with Crippen molar-refractivity contribution < 1.29 is 4.79 Å². The standard InChI is InChI=1S/C14H20N2OS/c1-2-9-5-6-18-13(9)8-15-14(17)11-7-10-3-4-12(11)16-10/h5-6,10-12,16H,2-4,7-8H2,1H3,(H,15,17). The number of aryl methyl sites for hydroxylation is 1. The summed E-state index contributed by atoms with van der Waals surface area (Å²) in [7, 11) is 0. The molecule has 3 heterocycles. The second-order valence-corrected chi connectivity index (χ2v) is 6.33. The first-order valence-corrected chi connectivity index (χ1v) is 7.75. The maximum atomic E-state index is 12.2. The van der Waals surface area contributed by atoms with Crippen LogP contribution in [0.25, 0.3) is 0 Å². The molecule has 1 aromatic heterocycles. The van der Waals surface area contributed by atoms with Gasteiger partial charge < -0.3 is 10.6 Å². The minimum absolute atomic E-state index is 0.203. The van der Waals surface area contributed by atoms with E-state index in [4.69, 9.17) is 0 Å². The molecule has 98 valence electrons. The molecule has 3 rings (SSSR count). The molecule has 0 spiro atoms. The molecule has 0 aromatic carbocycles. The summed E-state index contributed by atoms with van der Waals surface area (Å²) in [6, 6.07) is 3.19.